The van der Waals surface area contributed by atoms with E-state index in [0.717, 1.165) is 11.1 Å². The van der Waals surface area contributed by atoms with Gasteiger partial charge in [0.25, 0.3) is 5.91 Å². The standard InChI is InChI=1S/C22H27NO4/c1-17(2)26-15-9-14-23-20(24)16-27-22(25)21(18-10-5-3-6-11-18)19-12-7-4-8-13-19/h3-8,10-13,17,21H,9,14-16H2,1-2H3,(H,23,24). The maximum absolute atomic E-state index is 12.7. The van der Waals surface area contributed by atoms with Crippen molar-refractivity contribution in [3.05, 3.63) is 71.8 Å². The quantitative estimate of drug-likeness (QED) is 0.516. The molecule has 2 aromatic carbocycles. The molecular weight excluding hydrogens is 342 g/mol. The van der Waals surface area contributed by atoms with E-state index in [1.807, 2.05) is 74.5 Å². The Balaban J connectivity index is 1.88. The summed E-state index contributed by atoms with van der Waals surface area (Å²) in [6.07, 6.45) is 0.892. The van der Waals surface area contributed by atoms with Crippen molar-refractivity contribution in [1.29, 1.82) is 0 Å². The number of rotatable bonds is 10. The minimum atomic E-state index is -0.556. The van der Waals surface area contributed by atoms with Gasteiger partial charge in [-0.25, -0.2) is 0 Å². The van der Waals surface area contributed by atoms with Crippen LogP contribution in [0, 0.1) is 0 Å². The predicted octanol–water partition coefficient (Wildman–Crippen LogP) is 3.29. The maximum Gasteiger partial charge on any atom is 0.318 e. The van der Waals surface area contributed by atoms with Crippen LogP contribution in [-0.4, -0.2) is 37.7 Å². The molecule has 0 aliphatic carbocycles. The number of benzene rings is 2. The van der Waals surface area contributed by atoms with Crippen LogP contribution < -0.4 is 5.32 Å². The van der Waals surface area contributed by atoms with Crippen molar-refractivity contribution < 1.29 is 19.1 Å². The minimum absolute atomic E-state index is 0.176. The molecule has 144 valence electrons. The lowest BCUT2D eigenvalue weighted by Gasteiger charge is -2.17. The van der Waals surface area contributed by atoms with E-state index >= 15 is 0 Å². The molecule has 0 aliphatic heterocycles. The van der Waals surface area contributed by atoms with E-state index < -0.39 is 11.9 Å². The lowest BCUT2D eigenvalue weighted by atomic mass is 9.91. The Hall–Kier alpha value is -2.66. The first-order valence-electron chi connectivity index (χ1n) is 9.22. The Bertz CT molecular complexity index is 661. The molecule has 0 atom stereocenters. The number of nitrogens with one attached hydrogen (secondary N) is 1. The second-order valence-corrected chi connectivity index (χ2v) is 6.49. The van der Waals surface area contributed by atoms with E-state index in [2.05, 4.69) is 5.32 Å². The van der Waals surface area contributed by atoms with Crippen molar-refractivity contribution in [1.82, 2.24) is 5.32 Å². The van der Waals surface area contributed by atoms with E-state index in [0.29, 0.717) is 19.6 Å². The van der Waals surface area contributed by atoms with Gasteiger partial charge in [-0.3, -0.25) is 9.59 Å². The number of amides is 1. The van der Waals surface area contributed by atoms with Crippen LogP contribution in [0.2, 0.25) is 0 Å². The van der Waals surface area contributed by atoms with E-state index in [4.69, 9.17) is 9.47 Å². The number of carbonyl (C=O) groups is 2. The fourth-order valence-electron chi connectivity index (χ4n) is 2.65. The summed E-state index contributed by atoms with van der Waals surface area (Å²) in [6, 6.07) is 18.8. The van der Waals surface area contributed by atoms with Crippen LogP contribution in [-0.2, 0) is 19.1 Å². The topological polar surface area (TPSA) is 64.6 Å². The van der Waals surface area contributed by atoms with Gasteiger partial charge in [0.05, 0.1) is 6.10 Å². The third-order valence-electron chi connectivity index (χ3n) is 3.94. The Labute approximate surface area is 160 Å². The van der Waals surface area contributed by atoms with Crippen molar-refractivity contribution in [2.24, 2.45) is 0 Å². The second kappa shape index (κ2) is 11.1. The number of esters is 1. The molecule has 5 nitrogen and oxygen atoms in total. The van der Waals surface area contributed by atoms with Crippen LogP contribution >= 0.6 is 0 Å². The molecule has 0 bridgehead atoms. The van der Waals surface area contributed by atoms with Crippen LogP contribution in [0.4, 0.5) is 0 Å². The zero-order valence-electron chi connectivity index (χ0n) is 15.9. The molecule has 0 heterocycles. The van der Waals surface area contributed by atoms with Crippen molar-refractivity contribution in [2.75, 3.05) is 19.8 Å². The summed E-state index contributed by atoms with van der Waals surface area (Å²) in [6.45, 7) is 4.72. The minimum Gasteiger partial charge on any atom is -0.455 e. The van der Waals surface area contributed by atoms with Crippen molar-refractivity contribution in [3.8, 4) is 0 Å². The predicted molar refractivity (Wildman–Crippen MR) is 104 cm³/mol. The molecule has 0 saturated heterocycles. The highest BCUT2D eigenvalue weighted by Crippen LogP contribution is 2.25. The summed E-state index contributed by atoms with van der Waals surface area (Å²) in [5.41, 5.74) is 1.67. The Morgan fingerprint density at radius 3 is 2.00 bits per heavy atom. The molecule has 0 unspecified atom stereocenters. The van der Waals surface area contributed by atoms with E-state index in [1.54, 1.807) is 0 Å². The highest BCUT2D eigenvalue weighted by molar-refractivity contribution is 5.85. The Morgan fingerprint density at radius 1 is 0.926 bits per heavy atom. The van der Waals surface area contributed by atoms with Gasteiger partial charge in [-0.05, 0) is 31.4 Å². The summed E-state index contributed by atoms with van der Waals surface area (Å²) in [4.78, 5) is 24.6. The van der Waals surface area contributed by atoms with Crippen molar-refractivity contribution in [2.45, 2.75) is 32.3 Å². The van der Waals surface area contributed by atoms with Gasteiger partial charge < -0.3 is 14.8 Å². The van der Waals surface area contributed by atoms with Crippen LogP contribution in [0.5, 0.6) is 0 Å². The van der Waals surface area contributed by atoms with Gasteiger partial charge in [-0.15, -0.1) is 0 Å². The van der Waals surface area contributed by atoms with Gasteiger partial charge in [0.2, 0.25) is 0 Å². The lowest BCUT2D eigenvalue weighted by molar-refractivity contribution is -0.149. The summed E-state index contributed by atoms with van der Waals surface area (Å²) >= 11 is 0. The SMILES string of the molecule is CC(C)OCCCNC(=O)COC(=O)C(c1ccccc1)c1ccccc1. The zero-order chi connectivity index (χ0) is 19.5. The van der Waals surface area contributed by atoms with Crippen LogP contribution in [0.15, 0.2) is 60.7 Å². The summed E-state index contributed by atoms with van der Waals surface area (Å²) in [5, 5.41) is 2.73. The summed E-state index contributed by atoms with van der Waals surface area (Å²) in [7, 11) is 0. The highest BCUT2D eigenvalue weighted by Gasteiger charge is 2.24. The number of ether oxygens (including phenoxy) is 2. The van der Waals surface area contributed by atoms with Gasteiger partial charge in [-0.1, -0.05) is 60.7 Å². The van der Waals surface area contributed by atoms with E-state index in [-0.39, 0.29) is 18.6 Å². The monoisotopic (exact) mass is 369 g/mol. The van der Waals surface area contributed by atoms with Gasteiger partial charge in [0.1, 0.15) is 5.92 Å². The molecule has 2 aromatic rings. The normalized spacial score (nSPS) is 10.8. The molecule has 27 heavy (non-hydrogen) atoms. The van der Waals surface area contributed by atoms with Gasteiger partial charge in [0.15, 0.2) is 6.61 Å². The molecule has 0 spiro atoms. The number of hydrogen-bond acceptors (Lipinski definition) is 4. The van der Waals surface area contributed by atoms with E-state index in [1.165, 1.54) is 0 Å². The highest BCUT2D eigenvalue weighted by atomic mass is 16.5. The molecule has 0 saturated carbocycles. The lowest BCUT2D eigenvalue weighted by Crippen LogP contribution is -2.31. The molecule has 5 heteroatoms. The average molecular weight is 369 g/mol. The fraction of sp³-hybridized carbons (Fsp3) is 0.364. The van der Waals surface area contributed by atoms with Gasteiger partial charge in [0, 0.05) is 13.2 Å². The van der Waals surface area contributed by atoms with Crippen LogP contribution in [0.1, 0.15) is 37.3 Å². The summed E-state index contributed by atoms with van der Waals surface area (Å²) in [5.74, 6) is -1.31. The first-order chi connectivity index (χ1) is 13.1. The average Bonchev–Trinajstić information content (AvgIpc) is 2.68. The Kier molecular flexibility index (Phi) is 8.52. The van der Waals surface area contributed by atoms with Gasteiger partial charge in [-0.2, -0.15) is 0 Å². The number of carbonyl (C=O) groups excluding carboxylic acids is 2. The Morgan fingerprint density at radius 2 is 1.48 bits per heavy atom. The molecule has 1 amide bonds. The zero-order valence-corrected chi connectivity index (χ0v) is 15.9. The number of hydrogen-bond donors (Lipinski definition) is 1. The van der Waals surface area contributed by atoms with Crippen LogP contribution in [0.25, 0.3) is 0 Å². The molecule has 0 aromatic heterocycles. The molecule has 1 N–H and O–H groups in total. The third kappa shape index (κ3) is 7.23. The second-order valence-electron chi connectivity index (χ2n) is 6.49. The van der Waals surface area contributed by atoms with Gasteiger partial charge >= 0.3 is 5.97 Å². The largest absolute Gasteiger partial charge is 0.455 e. The molecule has 0 fully saturated rings. The first kappa shape index (κ1) is 20.6. The fourth-order valence-corrected chi connectivity index (χ4v) is 2.65. The third-order valence-corrected chi connectivity index (χ3v) is 3.94. The molecule has 2 rings (SSSR count). The van der Waals surface area contributed by atoms with Crippen molar-refractivity contribution in [3.63, 3.8) is 0 Å². The van der Waals surface area contributed by atoms with Crippen molar-refractivity contribution >= 4 is 11.9 Å². The summed E-state index contributed by atoms with van der Waals surface area (Å²) < 4.78 is 10.7. The first-order valence-corrected chi connectivity index (χ1v) is 9.22. The smallest absolute Gasteiger partial charge is 0.318 e. The molecular formula is C22H27NO4. The molecule has 0 radical (unpaired) electrons. The maximum atomic E-state index is 12.7. The molecule has 0 aliphatic rings. The van der Waals surface area contributed by atoms with E-state index in [9.17, 15) is 9.59 Å². The van der Waals surface area contributed by atoms with Crippen LogP contribution in [0.3, 0.4) is 0 Å².